The monoisotopic (exact) mass is 638 g/mol. The van der Waals surface area contributed by atoms with Gasteiger partial charge in [-0.1, -0.05) is 0 Å². The third kappa shape index (κ3) is 8.82. The summed E-state index contributed by atoms with van der Waals surface area (Å²) in [6.07, 6.45) is 3.26. The number of anilines is 3. The highest BCUT2D eigenvalue weighted by Gasteiger charge is 2.29. The van der Waals surface area contributed by atoms with E-state index in [4.69, 9.17) is 14.5 Å². The molecule has 250 valence electrons. The van der Waals surface area contributed by atoms with Gasteiger partial charge in [0.05, 0.1) is 24.6 Å². The lowest BCUT2D eigenvalue weighted by Crippen LogP contribution is -2.55. The highest BCUT2D eigenvalue weighted by atomic mass is 19.3. The summed E-state index contributed by atoms with van der Waals surface area (Å²) in [6.45, 7) is 10.5. The summed E-state index contributed by atoms with van der Waals surface area (Å²) in [7, 11) is 2.11. The van der Waals surface area contributed by atoms with Gasteiger partial charge in [0, 0.05) is 77.2 Å². The zero-order valence-corrected chi connectivity index (χ0v) is 26.2. The van der Waals surface area contributed by atoms with Crippen molar-refractivity contribution in [2.75, 3.05) is 68.5 Å². The van der Waals surface area contributed by atoms with Crippen molar-refractivity contribution in [3.8, 4) is 11.1 Å². The molecular formula is C32H46F4N6O3. The molecule has 0 aliphatic carbocycles. The second kappa shape index (κ2) is 16.9. The Balaban J connectivity index is 0.00000149. The number of carbonyl (C=O) groups is 1. The van der Waals surface area contributed by atoms with Crippen molar-refractivity contribution in [1.29, 1.82) is 0 Å². The van der Waals surface area contributed by atoms with E-state index < -0.39 is 13.6 Å². The van der Waals surface area contributed by atoms with Gasteiger partial charge in [-0.3, -0.25) is 9.69 Å². The van der Waals surface area contributed by atoms with Gasteiger partial charge in [-0.2, -0.15) is 0 Å². The fourth-order valence-electron chi connectivity index (χ4n) is 5.63. The second-order valence-corrected chi connectivity index (χ2v) is 11.0. The molecule has 0 unspecified atom stereocenters. The number of H-pyrrole nitrogens is 1. The summed E-state index contributed by atoms with van der Waals surface area (Å²) in [4.78, 5) is 33.8. The van der Waals surface area contributed by atoms with Gasteiger partial charge in [0.2, 0.25) is 12.5 Å². The molecule has 5 rings (SSSR count). The standard InChI is InChI=1S/C30H38F2N6O2.CH2F2.CH2O.2H2/c1-19-9-23(14-35-30(19)37-5-7-40-8-6-37)25-11-27(33-15-24-16-34-29(39)10-22(24)13-31)28(12-26(25)32)38-17-20(2)36(4)21(3)18-38;2-1-3;1-2;;/h9-12,14,16,20-21,33H,5-8,13,15,17-18H2,1-4H3,(H,34,39);1H2;1H2;2*1H/t20-,21+;;;;. The number of benzene rings is 1. The second-order valence-electron chi connectivity index (χ2n) is 11.0. The Morgan fingerprint density at radius 3 is 2.29 bits per heavy atom. The van der Waals surface area contributed by atoms with Crippen LogP contribution in [0.25, 0.3) is 11.1 Å². The lowest BCUT2D eigenvalue weighted by Gasteiger charge is -2.44. The highest BCUT2D eigenvalue weighted by molar-refractivity contribution is 5.79. The van der Waals surface area contributed by atoms with E-state index in [9.17, 15) is 18.0 Å². The van der Waals surface area contributed by atoms with E-state index in [0.29, 0.717) is 35.5 Å². The lowest BCUT2D eigenvalue weighted by molar-refractivity contribution is -0.0980. The van der Waals surface area contributed by atoms with E-state index in [2.05, 4.69) is 45.9 Å². The number of nitrogens with zero attached hydrogens (tertiary/aromatic N) is 4. The van der Waals surface area contributed by atoms with Gasteiger partial charge in [0.15, 0.2) is 0 Å². The number of carbonyl (C=O) groups excluding carboxylic acids is 1. The number of halogens is 4. The summed E-state index contributed by atoms with van der Waals surface area (Å²) in [5, 5.41) is 3.42. The van der Waals surface area contributed by atoms with Crippen molar-refractivity contribution in [3.05, 3.63) is 69.5 Å². The molecule has 2 fully saturated rings. The molecule has 0 amide bonds. The molecule has 4 heterocycles. The Labute approximate surface area is 264 Å². The SMILES string of the molecule is C=O.Cc1cc(-c2cc(NCc3c[nH]c(=O)cc3CF)c(N3C[C@@H](C)N(C)[C@@H](C)C3)cc2F)cnc1N1CCOCC1.FCF.[HH].[HH]. The van der Waals surface area contributed by atoms with Crippen LogP contribution < -0.4 is 20.7 Å². The van der Waals surface area contributed by atoms with Gasteiger partial charge in [-0.15, -0.1) is 0 Å². The van der Waals surface area contributed by atoms with E-state index in [1.165, 1.54) is 12.3 Å². The number of aromatic amines is 1. The van der Waals surface area contributed by atoms with Gasteiger partial charge in [0.1, 0.15) is 25.1 Å². The third-order valence-electron chi connectivity index (χ3n) is 8.18. The zero-order valence-electron chi connectivity index (χ0n) is 26.2. The minimum Gasteiger partial charge on any atom is -0.379 e. The van der Waals surface area contributed by atoms with Crippen LogP contribution in [0.2, 0.25) is 0 Å². The van der Waals surface area contributed by atoms with Crippen molar-refractivity contribution in [1.82, 2.24) is 14.9 Å². The first kappa shape index (κ1) is 35.5. The lowest BCUT2D eigenvalue weighted by atomic mass is 10.0. The number of aromatic nitrogens is 2. The van der Waals surface area contributed by atoms with Crippen LogP contribution in [0.1, 0.15) is 33.4 Å². The van der Waals surface area contributed by atoms with Crippen LogP contribution in [0.15, 0.2) is 41.5 Å². The number of aryl methyl sites for hydroxylation is 1. The molecule has 2 N–H and O–H groups in total. The smallest absolute Gasteiger partial charge is 0.248 e. The Morgan fingerprint density at radius 2 is 1.69 bits per heavy atom. The fourth-order valence-corrected chi connectivity index (χ4v) is 5.63. The van der Waals surface area contributed by atoms with E-state index in [-0.39, 0.29) is 32.9 Å². The Bertz CT molecular complexity index is 1450. The third-order valence-corrected chi connectivity index (χ3v) is 8.18. The van der Waals surface area contributed by atoms with Crippen molar-refractivity contribution in [3.63, 3.8) is 0 Å². The number of alkyl halides is 3. The number of hydrogen-bond acceptors (Lipinski definition) is 8. The first-order valence-electron chi connectivity index (χ1n) is 14.7. The van der Waals surface area contributed by atoms with Crippen LogP contribution in [0.5, 0.6) is 0 Å². The van der Waals surface area contributed by atoms with E-state index >= 15 is 4.39 Å². The first-order valence-corrected chi connectivity index (χ1v) is 14.7. The normalized spacial score (nSPS) is 18.4. The summed E-state index contributed by atoms with van der Waals surface area (Å²) in [5.41, 5.74) is 4.24. The number of piperazine rings is 1. The molecule has 2 aromatic heterocycles. The van der Waals surface area contributed by atoms with E-state index in [1.807, 2.05) is 25.8 Å². The molecule has 9 nitrogen and oxygen atoms in total. The van der Waals surface area contributed by atoms with Crippen LogP contribution in [-0.2, 0) is 22.8 Å². The van der Waals surface area contributed by atoms with Crippen molar-refractivity contribution >= 4 is 24.0 Å². The number of likely N-dealkylation sites (N-methyl/N-ethyl adjacent to an activating group) is 1. The summed E-state index contributed by atoms with van der Waals surface area (Å²) in [6, 6.07) is 7.25. The Morgan fingerprint density at radius 1 is 1.04 bits per heavy atom. The van der Waals surface area contributed by atoms with Gasteiger partial charge in [-0.05, 0) is 62.7 Å². The average Bonchev–Trinajstić information content (AvgIpc) is 3.04. The number of rotatable bonds is 7. The van der Waals surface area contributed by atoms with Crippen LogP contribution in [0.3, 0.4) is 0 Å². The van der Waals surface area contributed by atoms with Crippen LogP contribution >= 0.6 is 0 Å². The maximum Gasteiger partial charge on any atom is 0.248 e. The predicted molar refractivity (Wildman–Crippen MR) is 174 cm³/mol. The zero-order chi connectivity index (χ0) is 33.1. The van der Waals surface area contributed by atoms with Crippen molar-refractivity contribution in [2.45, 2.75) is 46.1 Å². The maximum atomic E-state index is 15.8. The predicted octanol–water partition coefficient (Wildman–Crippen LogP) is 5.52. The topological polar surface area (TPSA) is 93.8 Å². The maximum absolute atomic E-state index is 15.8. The number of pyridine rings is 2. The van der Waals surface area contributed by atoms with Crippen molar-refractivity contribution in [2.24, 2.45) is 0 Å². The van der Waals surface area contributed by atoms with E-state index in [1.54, 1.807) is 12.3 Å². The molecule has 0 spiro atoms. The summed E-state index contributed by atoms with van der Waals surface area (Å²) >= 11 is 0. The van der Waals surface area contributed by atoms with Crippen LogP contribution in [0.4, 0.5) is 34.8 Å². The first-order chi connectivity index (χ1) is 21.7. The van der Waals surface area contributed by atoms with Gasteiger partial charge < -0.3 is 29.6 Å². The van der Waals surface area contributed by atoms with Crippen LogP contribution in [-0.4, -0.2) is 87.1 Å². The Hall–Kier alpha value is -3.97. The number of ether oxygens (including phenoxy) is 1. The van der Waals surface area contributed by atoms with Crippen molar-refractivity contribution < 1.29 is 29.9 Å². The number of nitrogens with one attached hydrogen (secondary N) is 2. The number of morpholine rings is 1. The minimum atomic E-state index is -1.75. The molecule has 2 aliphatic rings. The summed E-state index contributed by atoms with van der Waals surface area (Å²) < 4.78 is 54.2. The molecule has 45 heavy (non-hydrogen) atoms. The molecule has 2 saturated heterocycles. The van der Waals surface area contributed by atoms with Gasteiger partial charge >= 0.3 is 0 Å². The molecular weight excluding hydrogens is 592 g/mol. The fraction of sp³-hybridized carbons (Fsp3) is 0.469. The Kier molecular flexibility index (Phi) is 13.4. The molecule has 3 aromatic rings. The van der Waals surface area contributed by atoms with Gasteiger partial charge in [-0.25, -0.2) is 22.5 Å². The molecule has 13 heteroatoms. The quantitative estimate of drug-likeness (QED) is 0.327. The molecule has 2 aliphatic heterocycles. The minimum absolute atomic E-state index is 0. The summed E-state index contributed by atoms with van der Waals surface area (Å²) in [5.74, 6) is 0.563. The number of hydrogen-bond donors (Lipinski definition) is 2. The molecule has 2 atom stereocenters. The average molecular weight is 639 g/mol. The molecule has 0 radical (unpaired) electrons. The van der Waals surface area contributed by atoms with E-state index in [0.717, 1.165) is 48.9 Å². The highest BCUT2D eigenvalue weighted by Crippen LogP contribution is 2.37. The van der Waals surface area contributed by atoms with Gasteiger partial charge in [0.25, 0.3) is 0 Å². The largest absolute Gasteiger partial charge is 0.379 e. The molecule has 0 bridgehead atoms. The molecule has 0 saturated carbocycles. The van der Waals surface area contributed by atoms with Crippen LogP contribution in [0, 0.1) is 12.7 Å². The molecule has 1 aromatic carbocycles.